The van der Waals surface area contributed by atoms with E-state index >= 15 is 0 Å². The van der Waals surface area contributed by atoms with Gasteiger partial charge in [-0.3, -0.25) is 9.71 Å². The number of aromatic nitrogens is 3. The van der Waals surface area contributed by atoms with Crippen molar-refractivity contribution in [3.63, 3.8) is 0 Å². The Hall–Kier alpha value is -4.12. The Morgan fingerprint density at radius 2 is 1.85 bits per heavy atom. The van der Waals surface area contributed by atoms with Gasteiger partial charge in [0, 0.05) is 43.7 Å². The quantitative estimate of drug-likeness (QED) is 0.358. The summed E-state index contributed by atoms with van der Waals surface area (Å²) in [5, 5.41) is 7.38. The Bertz CT molecular complexity index is 1450. The first kappa shape index (κ1) is 23.1. The first-order chi connectivity index (χ1) is 16.2. The van der Waals surface area contributed by atoms with E-state index in [0.29, 0.717) is 17.0 Å². The Morgan fingerprint density at radius 1 is 1.09 bits per heavy atom. The summed E-state index contributed by atoms with van der Waals surface area (Å²) in [6, 6.07) is 9.50. The number of benzene rings is 2. The molecule has 0 amide bonds. The van der Waals surface area contributed by atoms with Crippen LogP contribution in [0.15, 0.2) is 72.1 Å². The summed E-state index contributed by atoms with van der Waals surface area (Å²) in [4.78, 5) is 8.42. The van der Waals surface area contributed by atoms with E-state index in [1.54, 1.807) is 29.4 Å². The van der Waals surface area contributed by atoms with Crippen molar-refractivity contribution in [1.82, 2.24) is 14.5 Å². The molecule has 0 atom stereocenters. The molecule has 4 aromatic rings. The number of rotatable bonds is 8. The van der Waals surface area contributed by atoms with E-state index in [9.17, 15) is 17.2 Å². The van der Waals surface area contributed by atoms with Crippen LogP contribution in [0.2, 0.25) is 0 Å². The summed E-state index contributed by atoms with van der Waals surface area (Å²) >= 11 is 0. The number of aryl methyl sites for hydroxylation is 1. The Kier molecular flexibility index (Phi) is 6.37. The van der Waals surface area contributed by atoms with Gasteiger partial charge in [-0.25, -0.2) is 22.2 Å². The normalized spacial score (nSPS) is 11.3. The summed E-state index contributed by atoms with van der Waals surface area (Å²) in [5.74, 6) is -1.31. The van der Waals surface area contributed by atoms with Gasteiger partial charge < -0.3 is 14.7 Å². The molecule has 0 saturated heterocycles. The number of halogens is 2. The first-order valence-electron chi connectivity index (χ1n) is 9.97. The topological polar surface area (TPSA) is 110 Å². The van der Waals surface area contributed by atoms with Gasteiger partial charge in [0.1, 0.15) is 11.6 Å². The van der Waals surface area contributed by atoms with Crippen LogP contribution in [0.5, 0.6) is 11.5 Å². The number of anilines is 1. The lowest BCUT2D eigenvalue weighted by Crippen LogP contribution is -2.13. The standard InChI is InChI=1S/C23H19F2N5O3S/c1-30-13-21(28-14-30)15-10-23(20(8-9-26)27-12-15)33-22-7-4-17(11-19(22)25)29-34(31,32)18-5-2-16(24)3-6-18/h2-7,9-14,26,29H,8H2,1H3. The van der Waals surface area contributed by atoms with Crippen LogP contribution in [-0.4, -0.2) is 29.2 Å². The van der Waals surface area contributed by atoms with Crippen LogP contribution < -0.4 is 9.46 Å². The molecule has 2 heterocycles. The lowest BCUT2D eigenvalue weighted by atomic mass is 10.1. The molecule has 0 saturated carbocycles. The number of ether oxygens (including phenoxy) is 1. The van der Waals surface area contributed by atoms with Crippen molar-refractivity contribution in [2.24, 2.45) is 7.05 Å². The van der Waals surface area contributed by atoms with Crippen molar-refractivity contribution < 1.29 is 21.9 Å². The largest absolute Gasteiger partial charge is 0.452 e. The van der Waals surface area contributed by atoms with Gasteiger partial charge in [0.15, 0.2) is 11.6 Å². The van der Waals surface area contributed by atoms with Crippen molar-refractivity contribution in [3.05, 3.63) is 84.6 Å². The van der Waals surface area contributed by atoms with Gasteiger partial charge in [-0.2, -0.15) is 0 Å². The lowest BCUT2D eigenvalue weighted by Gasteiger charge is -2.13. The highest BCUT2D eigenvalue weighted by Crippen LogP contribution is 2.32. The second-order valence-corrected chi connectivity index (χ2v) is 8.99. The summed E-state index contributed by atoms with van der Waals surface area (Å²) in [6.07, 6.45) is 6.35. The Morgan fingerprint density at radius 3 is 2.50 bits per heavy atom. The number of sulfonamides is 1. The van der Waals surface area contributed by atoms with E-state index in [1.807, 2.05) is 7.05 Å². The third-order valence-corrected chi connectivity index (χ3v) is 6.15. The molecule has 2 N–H and O–H groups in total. The Labute approximate surface area is 194 Å². The fourth-order valence-electron chi connectivity index (χ4n) is 3.11. The summed E-state index contributed by atoms with van der Waals surface area (Å²) < 4.78 is 62.6. The minimum atomic E-state index is -4.03. The zero-order valence-electron chi connectivity index (χ0n) is 17.9. The minimum Gasteiger partial charge on any atom is -0.452 e. The summed E-state index contributed by atoms with van der Waals surface area (Å²) in [5.41, 5.74) is 1.69. The van der Waals surface area contributed by atoms with Gasteiger partial charge in [-0.15, -0.1) is 0 Å². The van der Waals surface area contributed by atoms with Gasteiger partial charge >= 0.3 is 0 Å². The molecule has 0 aliphatic heterocycles. The van der Waals surface area contributed by atoms with Crippen molar-refractivity contribution >= 4 is 21.9 Å². The van der Waals surface area contributed by atoms with Crippen LogP contribution in [0.3, 0.4) is 0 Å². The number of imidazole rings is 1. The zero-order chi connectivity index (χ0) is 24.3. The smallest absolute Gasteiger partial charge is 0.261 e. The number of nitrogens with one attached hydrogen (secondary N) is 2. The number of pyridine rings is 1. The van der Waals surface area contributed by atoms with E-state index in [-0.39, 0.29) is 28.5 Å². The second-order valence-electron chi connectivity index (χ2n) is 7.31. The maximum absolute atomic E-state index is 14.8. The maximum atomic E-state index is 14.8. The molecule has 0 fully saturated rings. The summed E-state index contributed by atoms with van der Waals surface area (Å²) in [6.45, 7) is 0. The van der Waals surface area contributed by atoms with Crippen LogP contribution in [0.4, 0.5) is 14.5 Å². The Balaban J connectivity index is 1.60. The lowest BCUT2D eigenvalue weighted by molar-refractivity contribution is 0.437. The predicted octanol–water partition coefficient (Wildman–Crippen LogP) is 4.55. The van der Waals surface area contributed by atoms with E-state index < -0.39 is 21.7 Å². The maximum Gasteiger partial charge on any atom is 0.261 e. The van der Waals surface area contributed by atoms with Crippen molar-refractivity contribution in [2.75, 3.05) is 4.72 Å². The molecule has 174 valence electrons. The van der Waals surface area contributed by atoms with Crippen LogP contribution in [-0.2, 0) is 23.5 Å². The highest BCUT2D eigenvalue weighted by Gasteiger charge is 2.17. The molecule has 34 heavy (non-hydrogen) atoms. The average Bonchev–Trinajstić information content (AvgIpc) is 3.23. The van der Waals surface area contributed by atoms with E-state index in [2.05, 4.69) is 14.7 Å². The van der Waals surface area contributed by atoms with Crippen molar-refractivity contribution in [2.45, 2.75) is 11.3 Å². The van der Waals surface area contributed by atoms with Crippen molar-refractivity contribution in [3.8, 4) is 22.8 Å². The molecule has 0 aliphatic carbocycles. The second kappa shape index (κ2) is 9.40. The van der Waals surface area contributed by atoms with E-state index in [1.165, 1.54) is 12.1 Å². The molecular weight excluding hydrogens is 464 g/mol. The highest BCUT2D eigenvalue weighted by molar-refractivity contribution is 7.92. The molecule has 2 aromatic carbocycles. The first-order valence-corrected chi connectivity index (χ1v) is 11.5. The molecule has 0 spiro atoms. The van der Waals surface area contributed by atoms with Crippen LogP contribution in [0.1, 0.15) is 5.69 Å². The van der Waals surface area contributed by atoms with Crippen molar-refractivity contribution in [1.29, 1.82) is 5.41 Å². The number of nitrogens with zero attached hydrogens (tertiary/aromatic N) is 3. The molecular formula is C23H19F2N5O3S. The summed E-state index contributed by atoms with van der Waals surface area (Å²) in [7, 11) is -2.21. The highest BCUT2D eigenvalue weighted by atomic mass is 32.2. The van der Waals surface area contributed by atoms with Crippen LogP contribution in [0, 0.1) is 17.0 Å². The van der Waals surface area contributed by atoms with E-state index in [0.717, 1.165) is 36.5 Å². The zero-order valence-corrected chi connectivity index (χ0v) is 18.7. The molecule has 0 unspecified atom stereocenters. The van der Waals surface area contributed by atoms with Gasteiger partial charge in [0.25, 0.3) is 10.0 Å². The monoisotopic (exact) mass is 483 g/mol. The molecule has 4 rings (SSSR count). The fraction of sp³-hybridized carbons (Fsp3) is 0.0870. The molecule has 0 aliphatic rings. The predicted molar refractivity (Wildman–Crippen MR) is 123 cm³/mol. The molecule has 0 bridgehead atoms. The van der Waals surface area contributed by atoms with Gasteiger partial charge in [-0.05, 0) is 42.5 Å². The van der Waals surface area contributed by atoms with Crippen LogP contribution in [0.25, 0.3) is 11.3 Å². The molecule has 8 nitrogen and oxygen atoms in total. The van der Waals surface area contributed by atoms with Crippen LogP contribution >= 0.6 is 0 Å². The number of hydrogen-bond acceptors (Lipinski definition) is 6. The third-order valence-electron chi connectivity index (χ3n) is 4.75. The molecule has 11 heteroatoms. The fourth-order valence-corrected chi connectivity index (χ4v) is 4.16. The number of hydrogen-bond donors (Lipinski definition) is 2. The van der Waals surface area contributed by atoms with Gasteiger partial charge in [-0.1, -0.05) is 0 Å². The van der Waals surface area contributed by atoms with E-state index in [4.69, 9.17) is 10.1 Å². The molecule has 2 aromatic heterocycles. The SMILES string of the molecule is Cn1cnc(-c2cnc(CC=N)c(Oc3ccc(NS(=O)(=O)c4ccc(F)cc4)cc3F)c2)c1. The molecule has 0 radical (unpaired) electrons. The third kappa shape index (κ3) is 5.09. The van der Waals surface area contributed by atoms with Gasteiger partial charge in [0.2, 0.25) is 0 Å². The average molecular weight is 484 g/mol. The van der Waals surface area contributed by atoms with Gasteiger partial charge in [0.05, 0.1) is 28.3 Å². The minimum absolute atomic E-state index is 0.0331.